The van der Waals surface area contributed by atoms with Gasteiger partial charge in [-0.15, -0.1) is 0 Å². The number of rotatable bonds is 13. The van der Waals surface area contributed by atoms with Gasteiger partial charge in [0.1, 0.15) is 30.3 Å². The number of hydrogen-bond donors (Lipinski definition) is 4. The number of hydrogen-bond acceptors (Lipinski definition) is 7. The van der Waals surface area contributed by atoms with Crippen molar-refractivity contribution in [1.82, 2.24) is 16.0 Å². The standard InChI is InChI=1S/C23H28N4O5/c1-17(28)27-13-18-6-8-21(9-7-18)31-16-23(30)26-11-10-25-14-20(29)15-32-22-5-3-2-4-19(22)12-24/h2-9,20,25,29H,10-11,13-16H2,1H3,(H,26,30)(H,27,28). The van der Waals surface area contributed by atoms with Crippen LogP contribution in [0.3, 0.4) is 0 Å². The number of ether oxygens (including phenoxy) is 2. The molecule has 0 aromatic heterocycles. The van der Waals surface area contributed by atoms with E-state index in [0.29, 0.717) is 36.7 Å². The first kappa shape index (κ1) is 24.7. The Labute approximate surface area is 187 Å². The van der Waals surface area contributed by atoms with Crippen LogP contribution in [-0.4, -0.2) is 55.9 Å². The molecule has 2 amide bonds. The number of para-hydroxylation sites is 1. The highest BCUT2D eigenvalue weighted by Gasteiger charge is 2.08. The molecule has 1 unspecified atom stereocenters. The molecular formula is C23H28N4O5. The summed E-state index contributed by atoms with van der Waals surface area (Å²) in [6.45, 7) is 2.97. The summed E-state index contributed by atoms with van der Waals surface area (Å²) in [7, 11) is 0. The zero-order valence-electron chi connectivity index (χ0n) is 18.0. The monoisotopic (exact) mass is 440 g/mol. The Hall–Kier alpha value is -3.61. The van der Waals surface area contributed by atoms with E-state index in [0.717, 1.165) is 5.56 Å². The van der Waals surface area contributed by atoms with E-state index in [1.165, 1.54) is 6.92 Å². The first-order chi connectivity index (χ1) is 15.5. The van der Waals surface area contributed by atoms with E-state index >= 15 is 0 Å². The zero-order valence-corrected chi connectivity index (χ0v) is 18.0. The molecule has 4 N–H and O–H groups in total. The van der Waals surface area contributed by atoms with Gasteiger partial charge >= 0.3 is 0 Å². The van der Waals surface area contributed by atoms with Gasteiger partial charge in [0.05, 0.1) is 5.56 Å². The molecule has 0 aliphatic rings. The van der Waals surface area contributed by atoms with E-state index in [2.05, 4.69) is 16.0 Å². The average Bonchev–Trinajstić information content (AvgIpc) is 2.80. The fourth-order valence-electron chi connectivity index (χ4n) is 2.62. The topological polar surface area (TPSA) is 133 Å². The van der Waals surface area contributed by atoms with Crippen LogP contribution in [-0.2, 0) is 16.1 Å². The Balaban J connectivity index is 1.54. The van der Waals surface area contributed by atoms with Crippen molar-refractivity contribution in [2.24, 2.45) is 0 Å². The molecule has 170 valence electrons. The largest absolute Gasteiger partial charge is 0.489 e. The third-order valence-corrected chi connectivity index (χ3v) is 4.28. The first-order valence-corrected chi connectivity index (χ1v) is 10.2. The highest BCUT2D eigenvalue weighted by atomic mass is 16.5. The molecule has 1 atom stereocenters. The first-order valence-electron chi connectivity index (χ1n) is 10.2. The van der Waals surface area contributed by atoms with E-state index in [-0.39, 0.29) is 31.6 Å². The van der Waals surface area contributed by atoms with Gasteiger partial charge in [-0.05, 0) is 29.8 Å². The van der Waals surface area contributed by atoms with Crippen molar-refractivity contribution in [3.8, 4) is 17.6 Å². The van der Waals surface area contributed by atoms with Crippen molar-refractivity contribution >= 4 is 11.8 Å². The highest BCUT2D eigenvalue weighted by molar-refractivity contribution is 5.77. The van der Waals surface area contributed by atoms with Gasteiger partial charge < -0.3 is 30.5 Å². The van der Waals surface area contributed by atoms with Crippen molar-refractivity contribution in [3.05, 3.63) is 59.7 Å². The zero-order chi connectivity index (χ0) is 23.2. The van der Waals surface area contributed by atoms with E-state index in [1.807, 2.05) is 18.2 Å². The molecule has 32 heavy (non-hydrogen) atoms. The molecule has 9 nitrogen and oxygen atoms in total. The van der Waals surface area contributed by atoms with Crippen LogP contribution in [0.5, 0.6) is 11.5 Å². The van der Waals surface area contributed by atoms with Gasteiger partial charge in [-0.1, -0.05) is 24.3 Å². The minimum Gasteiger partial charge on any atom is -0.489 e. The van der Waals surface area contributed by atoms with Crippen molar-refractivity contribution < 1.29 is 24.2 Å². The lowest BCUT2D eigenvalue weighted by Crippen LogP contribution is -2.38. The van der Waals surface area contributed by atoms with Gasteiger partial charge in [0, 0.05) is 33.1 Å². The fraction of sp³-hybridized carbons (Fsp3) is 0.348. The summed E-state index contributed by atoms with van der Waals surface area (Å²) in [6, 6.07) is 16.0. The highest BCUT2D eigenvalue weighted by Crippen LogP contribution is 2.16. The molecule has 0 aliphatic heterocycles. The number of aliphatic hydroxyl groups is 1. The number of carbonyl (C=O) groups excluding carboxylic acids is 2. The van der Waals surface area contributed by atoms with Gasteiger partial charge in [-0.3, -0.25) is 9.59 Å². The lowest BCUT2D eigenvalue weighted by Gasteiger charge is -2.14. The lowest BCUT2D eigenvalue weighted by molar-refractivity contribution is -0.123. The molecule has 0 heterocycles. The van der Waals surface area contributed by atoms with Gasteiger partial charge in [-0.2, -0.15) is 5.26 Å². The van der Waals surface area contributed by atoms with Crippen LogP contribution in [0.4, 0.5) is 0 Å². The van der Waals surface area contributed by atoms with E-state index < -0.39 is 6.10 Å². The maximum Gasteiger partial charge on any atom is 0.257 e. The second-order valence-corrected chi connectivity index (χ2v) is 6.97. The molecule has 2 aromatic carbocycles. The quantitative estimate of drug-likeness (QED) is 0.337. The van der Waals surface area contributed by atoms with Crippen LogP contribution in [0.1, 0.15) is 18.1 Å². The summed E-state index contributed by atoms with van der Waals surface area (Å²) < 4.78 is 10.9. The van der Waals surface area contributed by atoms with Gasteiger partial charge in [-0.25, -0.2) is 0 Å². The number of amides is 2. The second kappa shape index (κ2) is 13.6. The van der Waals surface area contributed by atoms with Crippen LogP contribution in [0.2, 0.25) is 0 Å². The fourth-order valence-corrected chi connectivity index (χ4v) is 2.62. The number of nitrogens with one attached hydrogen (secondary N) is 3. The molecule has 2 aromatic rings. The summed E-state index contributed by atoms with van der Waals surface area (Å²) in [6.07, 6.45) is -0.755. The predicted octanol–water partition coefficient (Wildman–Crippen LogP) is 0.719. The molecule has 0 saturated carbocycles. The number of aliphatic hydroxyl groups excluding tert-OH is 1. The van der Waals surface area contributed by atoms with Crippen LogP contribution in [0.25, 0.3) is 0 Å². The molecule has 0 bridgehead atoms. The van der Waals surface area contributed by atoms with Crippen LogP contribution < -0.4 is 25.4 Å². The molecule has 9 heteroatoms. The van der Waals surface area contributed by atoms with Crippen molar-refractivity contribution in [2.75, 3.05) is 32.8 Å². The SMILES string of the molecule is CC(=O)NCc1ccc(OCC(=O)NCCNCC(O)COc2ccccc2C#N)cc1. The van der Waals surface area contributed by atoms with Crippen molar-refractivity contribution in [1.29, 1.82) is 5.26 Å². The Morgan fingerprint density at radius 3 is 2.53 bits per heavy atom. The minimum atomic E-state index is -0.755. The molecule has 0 saturated heterocycles. The average molecular weight is 441 g/mol. The third kappa shape index (κ3) is 9.47. The van der Waals surface area contributed by atoms with E-state index in [4.69, 9.17) is 14.7 Å². The van der Waals surface area contributed by atoms with Gasteiger partial charge in [0.2, 0.25) is 5.91 Å². The smallest absolute Gasteiger partial charge is 0.257 e. The van der Waals surface area contributed by atoms with Crippen molar-refractivity contribution in [2.45, 2.75) is 19.6 Å². The summed E-state index contributed by atoms with van der Waals surface area (Å²) in [5.74, 6) is 0.640. The Morgan fingerprint density at radius 1 is 1.06 bits per heavy atom. The Kier molecular flexibility index (Phi) is 10.5. The summed E-state index contributed by atoms with van der Waals surface area (Å²) in [4.78, 5) is 22.8. The number of benzene rings is 2. The van der Waals surface area contributed by atoms with Gasteiger partial charge in [0.25, 0.3) is 5.91 Å². The van der Waals surface area contributed by atoms with Gasteiger partial charge in [0.15, 0.2) is 6.61 Å². The second-order valence-electron chi connectivity index (χ2n) is 6.97. The normalized spacial score (nSPS) is 11.2. The number of nitriles is 1. The number of carbonyl (C=O) groups is 2. The van der Waals surface area contributed by atoms with Crippen LogP contribution in [0, 0.1) is 11.3 Å². The molecule has 0 fully saturated rings. The van der Waals surface area contributed by atoms with E-state index in [1.54, 1.807) is 36.4 Å². The maximum atomic E-state index is 11.9. The summed E-state index contributed by atoms with van der Waals surface area (Å²) in [5.41, 5.74) is 1.35. The molecular weight excluding hydrogens is 412 g/mol. The molecule has 0 spiro atoms. The number of nitrogens with zero attached hydrogens (tertiary/aromatic N) is 1. The summed E-state index contributed by atoms with van der Waals surface area (Å²) in [5, 5.41) is 27.4. The van der Waals surface area contributed by atoms with E-state index in [9.17, 15) is 14.7 Å². The van der Waals surface area contributed by atoms with Crippen LogP contribution >= 0.6 is 0 Å². The Morgan fingerprint density at radius 2 is 1.81 bits per heavy atom. The Bertz CT molecular complexity index is 911. The molecule has 2 rings (SSSR count). The molecule has 0 radical (unpaired) electrons. The van der Waals surface area contributed by atoms with Crippen LogP contribution in [0.15, 0.2) is 48.5 Å². The predicted molar refractivity (Wildman–Crippen MR) is 118 cm³/mol. The molecule has 0 aliphatic carbocycles. The maximum absolute atomic E-state index is 11.9. The minimum absolute atomic E-state index is 0.0511. The summed E-state index contributed by atoms with van der Waals surface area (Å²) >= 11 is 0. The third-order valence-electron chi connectivity index (χ3n) is 4.28. The van der Waals surface area contributed by atoms with Crippen molar-refractivity contribution in [3.63, 3.8) is 0 Å². The lowest BCUT2D eigenvalue weighted by atomic mass is 10.2.